The Bertz CT molecular complexity index is 402. The Hall–Kier alpha value is -0.533. The van der Waals surface area contributed by atoms with Crippen LogP contribution in [0.2, 0.25) is 0 Å². The van der Waals surface area contributed by atoms with Crippen LogP contribution in [0.1, 0.15) is 20.8 Å². The Morgan fingerprint density at radius 2 is 1.58 bits per heavy atom. The van der Waals surface area contributed by atoms with Crippen LogP contribution < -0.4 is 4.57 Å². The second-order valence-electron chi connectivity index (χ2n) is 3.88. The Morgan fingerprint density at radius 3 is 2.16 bits per heavy atom. The van der Waals surface area contributed by atoms with E-state index in [1.54, 1.807) is 11.8 Å². The van der Waals surface area contributed by atoms with Gasteiger partial charge in [-0.1, -0.05) is 23.9 Å². The summed E-state index contributed by atoms with van der Waals surface area (Å²) >= 11 is 1.68. The van der Waals surface area contributed by atoms with E-state index in [-0.39, 0.29) is 0 Å². The number of fused-ring (bicyclic) bond motifs is 1. The van der Waals surface area contributed by atoms with Gasteiger partial charge in [-0.3, -0.25) is 0 Å². The van der Waals surface area contributed by atoms with Crippen molar-refractivity contribution in [2.45, 2.75) is 25.7 Å². The lowest BCUT2D eigenvalue weighted by Crippen LogP contribution is -2.59. The minimum absolute atomic E-state index is 0.573. The lowest BCUT2D eigenvalue weighted by atomic mass is 10.3. The third kappa shape index (κ3) is 2.98. The summed E-state index contributed by atoms with van der Waals surface area (Å²) in [4.78, 5) is 1.21. The monoisotopic (exact) mass is 298 g/mol. The quantitative estimate of drug-likeness (QED) is 0.721. The van der Waals surface area contributed by atoms with Crippen LogP contribution in [0, 0.1) is 5.88 Å². The number of nitrogens with zero attached hydrogens (tertiary/aromatic N) is 1. The van der Waals surface area contributed by atoms with Crippen molar-refractivity contribution in [3.8, 4) is 0 Å². The number of hydrogen-bond donors (Lipinski definition) is 0. The molecule has 0 amide bonds. The van der Waals surface area contributed by atoms with Gasteiger partial charge in [0, 0.05) is 30.4 Å². The van der Waals surface area contributed by atoms with Gasteiger partial charge in [0.1, 0.15) is 5.88 Å². The summed E-state index contributed by atoms with van der Waals surface area (Å²) in [6.45, 7) is 7.62. The average Bonchev–Trinajstić information content (AvgIpc) is 2.84. The Kier molecular flexibility index (Phi) is 5.29. The number of para-hydroxylation sites is 1. The van der Waals surface area contributed by atoms with Gasteiger partial charge in [0.25, 0.3) is 0 Å². The lowest BCUT2D eigenvalue weighted by Gasteiger charge is -2.35. The van der Waals surface area contributed by atoms with Crippen molar-refractivity contribution in [3.63, 3.8) is 0 Å². The normalized spacial score (nSPS) is 14.8. The van der Waals surface area contributed by atoms with Gasteiger partial charge >= 0.3 is 8.97 Å². The molecule has 19 heavy (non-hydrogen) atoms. The average molecular weight is 298 g/mol. The summed E-state index contributed by atoms with van der Waals surface area (Å²) in [7, 11) is -2.86. The summed E-state index contributed by atoms with van der Waals surface area (Å²) in [5.74, 6) is 2.04. The van der Waals surface area contributed by atoms with Crippen LogP contribution in [0.25, 0.3) is 0 Å². The van der Waals surface area contributed by atoms with Crippen LogP contribution in [0.15, 0.2) is 29.2 Å². The zero-order valence-corrected chi connectivity index (χ0v) is 13.4. The predicted molar refractivity (Wildman–Crippen MR) is 79.7 cm³/mol. The van der Waals surface area contributed by atoms with E-state index in [0.717, 1.165) is 5.69 Å². The molecule has 0 aliphatic carbocycles. The van der Waals surface area contributed by atoms with Crippen LogP contribution >= 0.6 is 11.8 Å². The highest BCUT2D eigenvalue weighted by Crippen LogP contribution is 2.44. The first-order valence-electron chi connectivity index (χ1n) is 6.57. The molecule has 1 aliphatic heterocycles. The maximum absolute atomic E-state index is 5.93. The number of thioether (sulfide) groups is 1. The van der Waals surface area contributed by atoms with Gasteiger partial charge in [0.05, 0.1) is 0 Å². The summed E-state index contributed by atoms with van der Waals surface area (Å²) in [6, 6.07) is 8.23. The first-order valence-corrected chi connectivity index (χ1v) is 9.12. The van der Waals surface area contributed by atoms with Gasteiger partial charge < -0.3 is 17.8 Å². The van der Waals surface area contributed by atoms with E-state index in [1.165, 1.54) is 4.90 Å². The molecule has 1 aromatic rings. The molecule has 105 valence electrons. The van der Waals surface area contributed by atoms with Gasteiger partial charge in [-0.25, -0.2) is 0 Å². The van der Waals surface area contributed by atoms with Crippen LogP contribution in [-0.4, -0.2) is 28.8 Å². The summed E-state index contributed by atoms with van der Waals surface area (Å²) in [5, 5.41) is 0. The molecule has 0 atom stereocenters. The maximum Gasteiger partial charge on any atom is 0.634 e. The van der Waals surface area contributed by atoms with Gasteiger partial charge in [0.15, 0.2) is 0 Å². The number of anilines is 1. The maximum atomic E-state index is 5.93. The second kappa shape index (κ2) is 6.76. The standard InChI is InChI=1S/C13H20NO3SSi/c1-4-15-19(16-5-2,17-6-3)14-11-18-13-10-8-7-9-12(13)14/h7-11H,4-6H2,1-3H3. The first kappa shape index (κ1) is 14.9. The first-order chi connectivity index (χ1) is 9.27. The highest BCUT2D eigenvalue weighted by Gasteiger charge is 2.52. The van der Waals surface area contributed by atoms with Gasteiger partial charge in [-0.2, -0.15) is 0 Å². The molecular formula is C13H20NO3SSi. The molecule has 0 saturated heterocycles. The molecule has 1 heterocycles. The highest BCUT2D eigenvalue weighted by molar-refractivity contribution is 8.02. The van der Waals surface area contributed by atoms with Gasteiger partial charge in [-0.05, 0) is 32.9 Å². The number of hydrogen-bond acceptors (Lipinski definition) is 5. The van der Waals surface area contributed by atoms with Crippen LogP contribution in [0.4, 0.5) is 5.69 Å². The van der Waals surface area contributed by atoms with Gasteiger partial charge in [0.2, 0.25) is 0 Å². The molecule has 0 spiro atoms. The van der Waals surface area contributed by atoms with Crippen molar-refractivity contribution in [1.82, 2.24) is 0 Å². The van der Waals surface area contributed by atoms with E-state index in [1.807, 2.05) is 38.8 Å². The molecule has 0 saturated carbocycles. The van der Waals surface area contributed by atoms with E-state index in [9.17, 15) is 0 Å². The molecular weight excluding hydrogens is 278 g/mol. The third-order valence-electron chi connectivity index (χ3n) is 2.69. The van der Waals surface area contributed by atoms with E-state index in [2.05, 4.69) is 16.7 Å². The summed E-state index contributed by atoms with van der Waals surface area (Å²) in [5.41, 5.74) is 1.11. The van der Waals surface area contributed by atoms with Crippen LogP contribution in [0.3, 0.4) is 0 Å². The topological polar surface area (TPSA) is 30.9 Å². The fourth-order valence-electron chi connectivity index (χ4n) is 2.02. The second-order valence-corrected chi connectivity index (χ2v) is 7.17. The minimum atomic E-state index is -2.86. The molecule has 6 heteroatoms. The molecule has 1 aliphatic rings. The highest BCUT2D eigenvalue weighted by atomic mass is 32.2. The molecule has 0 unspecified atom stereocenters. The van der Waals surface area contributed by atoms with Crippen molar-refractivity contribution in [1.29, 1.82) is 0 Å². The van der Waals surface area contributed by atoms with Crippen molar-refractivity contribution >= 4 is 26.4 Å². The summed E-state index contributed by atoms with van der Waals surface area (Å²) in [6.07, 6.45) is 0. The summed E-state index contributed by atoms with van der Waals surface area (Å²) < 4.78 is 19.8. The number of rotatable bonds is 7. The van der Waals surface area contributed by atoms with Gasteiger partial charge in [-0.15, -0.1) is 0 Å². The predicted octanol–water partition coefficient (Wildman–Crippen LogP) is 3.26. The smallest absolute Gasteiger partial charge is 0.357 e. The van der Waals surface area contributed by atoms with Crippen LogP contribution in [0.5, 0.6) is 0 Å². The third-order valence-corrected chi connectivity index (χ3v) is 6.71. The molecule has 0 N–H and O–H groups in total. The SMILES string of the molecule is CCO[Si](OCC)(OCC)N1[CH]Sc2ccccc21. The minimum Gasteiger partial charge on any atom is -0.357 e. The fourth-order valence-corrected chi connectivity index (χ4v) is 5.80. The number of benzene rings is 1. The van der Waals surface area contributed by atoms with E-state index in [4.69, 9.17) is 13.3 Å². The van der Waals surface area contributed by atoms with Crippen LogP contribution in [-0.2, 0) is 13.3 Å². The van der Waals surface area contributed by atoms with Crippen molar-refractivity contribution in [3.05, 3.63) is 30.1 Å². The fraction of sp³-hybridized carbons (Fsp3) is 0.462. The largest absolute Gasteiger partial charge is 0.634 e. The zero-order valence-electron chi connectivity index (χ0n) is 11.6. The molecule has 0 bridgehead atoms. The van der Waals surface area contributed by atoms with Crippen molar-refractivity contribution in [2.75, 3.05) is 24.4 Å². The van der Waals surface area contributed by atoms with E-state index in [0.29, 0.717) is 19.8 Å². The molecule has 1 aromatic carbocycles. The zero-order chi connectivity index (χ0) is 13.7. The van der Waals surface area contributed by atoms with Crippen molar-refractivity contribution in [2.24, 2.45) is 0 Å². The molecule has 1 radical (unpaired) electrons. The Labute approximate surface area is 120 Å². The van der Waals surface area contributed by atoms with E-state index < -0.39 is 8.97 Å². The molecule has 4 nitrogen and oxygen atoms in total. The molecule has 0 fully saturated rings. The lowest BCUT2D eigenvalue weighted by molar-refractivity contribution is 0.0713. The van der Waals surface area contributed by atoms with Crippen molar-refractivity contribution < 1.29 is 13.3 Å². The molecule has 2 rings (SSSR count). The van der Waals surface area contributed by atoms with E-state index >= 15 is 0 Å². The Balaban J connectivity index is 2.33. The molecule has 0 aromatic heterocycles. The Morgan fingerprint density at radius 1 is 1.00 bits per heavy atom.